The topological polar surface area (TPSA) is 54.5 Å². The molecular formula is C17H17Cl2NO3S. The van der Waals surface area contributed by atoms with Crippen LogP contribution >= 0.6 is 23.2 Å². The first-order chi connectivity index (χ1) is 11.1. The molecule has 128 valence electrons. The molecule has 0 aliphatic heterocycles. The number of halogens is 2. The van der Waals surface area contributed by atoms with Crippen molar-refractivity contribution in [2.24, 2.45) is 0 Å². The average Bonchev–Trinajstić information content (AvgIpc) is 2.49. The number of amides is 1. The van der Waals surface area contributed by atoms with Crippen LogP contribution < -0.4 is 0 Å². The third-order valence-electron chi connectivity index (χ3n) is 3.62. The van der Waals surface area contributed by atoms with E-state index < -0.39 is 9.84 Å². The van der Waals surface area contributed by atoms with Gasteiger partial charge in [0.25, 0.3) is 5.91 Å². The van der Waals surface area contributed by atoms with E-state index in [1.54, 1.807) is 38.2 Å². The highest BCUT2D eigenvalue weighted by molar-refractivity contribution is 7.90. The van der Waals surface area contributed by atoms with Gasteiger partial charge < -0.3 is 4.90 Å². The van der Waals surface area contributed by atoms with E-state index in [9.17, 15) is 13.2 Å². The van der Waals surface area contributed by atoms with Gasteiger partial charge in [0.05, 0.1) is 14.9 Å². The molecule has 0 bridgehead atoms. The summed E-state index contributed by atoms with van der Waals surface area (Å²) < 4.78 is 23.4. The Morgan fingerprint density at radius 3 is 2.33 bits per heavy atom. The van der Waals surface area contributed by atoms with Crippen LogP contribution in [-0.4, -0.2) is 32.5 Å². The van der Waals surface area contributed by atoms with Crippen LogP contribution in [0.3, 0.4) is 0 Å². The SMILES string of the molecule is Cc1ccc(S(C)(=O)=O)cc1C(=O)N(C)Cc1ccc(Cl)c(Cl)c1. The monoisotopic (exact) mass is 385 g/mol. The molecule has 1 amide bonds. The zero-order valence-electron chi connectivity index (χ0n) is 13.5. The van der Waals surface area contributed by atoms with Crippen LogP contribution in [0.25, 0.3) is 0 Å². The molecule has 0 atom stereocenters. The maximum Gasteiger partial charge on any atom is 0.254 e. The molecule has 24 heavy (non-hydrogen) atoms. The maximum atomic E-state index is 12.7. The Morgan fingerprint density at radius 2 is 1.75 bits per heavy atom. The fourth-order valence-electron chi connectivity index (χ4n) is 2.25. The van der Waals surface area contributed by atoms with Gasteiger partial charge >= 0.3 is 0 Å². The summed E-state index contributed by atoms with van der Waals surface area (Å²) in [4.78, 5) is 14.3. The summed E-state index contributed by atoms with van der Waals surface area (Å²) in [6.07, 6.45) is 1.12. The zero-order valence-corrected chi connectivity index (χ0v) is 15.8. The van der Waals surface area contributed by atoms with E-state index in [0.29, 0.717) is 27.7 Å². The van der Waals surface area contributed by atoms with Crippen LogP contribution in [0.4, 0.5) is 0 Å². The Morgan fingerprint density at radius 1 is 1.08 bits per heavy atom. The molecule has 0 N–H and O–H groups in total. The zero-order chi connectivity index (χ0) is 18.1. The standard InChI is InChI=1S/C17H17Cl2NO3S/c1-11-4-6-13(24(3,22)23)9-14(11)17(21)20(2)10-12-5-7-15(18)16(19)8-12/h4-9H,10H2,1-3H3. The van der Waals surface area contributed by atoms with E-state index >= 15 is 0 Å². The van der Waals surface area contributed by atoms with Crippen molar-refractivity contribution in [1.29, 1.82) is 0 Å². The molecule has 2 aromatic rings. The van der Waals surface area contributed by atoms with Gasteiger partial charge in [0, 0.05) is 25.4 Å². The number of benzene rings is 2. The van der Waals surface area contributed by atoms with Crippen molar-refractivity contribution in [3.8, 4) is 0 Å². The van der Waals surface area contributed by atoms with Crippen LogP contribution in [0.1, 0.15) is 21.5 Å². The molecule has 2 rings (SSSR count). The van der Waals surface area contributed by atoms with Gasteiger partial charge in [-0.3, -0.25) is 4.79 Å². The Kier molecular flexibility index (Phi) is 5.58. The second kappa shape index (κ2) is 7.13. The second-order valence-electron chi connectivity index (χ2n) is 5.66. The van der Waals surface area contributed by atoms with Gasteiger partial charge in [-0.05, 0) is 42.3 Å². The minimum Gasteiger partial charge on any atom is -0.337 e. The van der Waals surface area contributed by atoms with Crippen LogP contribution in [0.5, 0.6) is 0 Å². The van der Waals surface area contributed by atoms with Gasteiger partial charge in [-0.25, -0.2) is 8.42 Å². The predicted octanol–water partition coefficient (Wildman–Crippen LogP) is 3.98. The smallest absolute Gasteiger partial charge is 0.254 e. The summed E-state index contributed by atoms with van der Waals surface area (Å²) in [5.41, 5.74) is 1.91. The number of aryl methyl sites for hydroxylation is 1. The molecule has 0 radical (unpaired) electrons. The molecule has 0 aliphatic carbocycles. The van der Waals surface area contributed by atoms with Crippen LogP contribution in [0.15, 0.2) is 41.3 Å². The number of hydrogen-bond donors (Lipinski definition) is 0. The Balaban J connectivity index is 2.29. The summed E-state index contributed by atoms with van der Waals surface area (Å²) in [7, 11) is -1.72. The van der Waals surface area contributed by atoms with E-state index in [2.05, 4.69) is 0 Å². The van der Waals surface area contributed by atoms with Crippen molar-refractivity contribution < 1.29 is 13.2 Å². The second-order valence-corrected chi connectivity index (χ2v) is 8.49. The van der Waals surface area contributed by atoms with Crippen LogP contribution in [-0.2, 0) is 16.4 Å². The van der Waals surface area contributed by atoms with Gasteiger partial charge in [0.2, 0.25) is 0 Å². The quantitative estimate of drug-likeness (QED) is 0.799. The maximum absolute atomic E-state index is 12.7. The summed E-state index contributed by atoms with van der Waals surface area (Å²) in [6.45, 7) is 2.10. The van der Waals surface area contributed by atoms with Gasteiger partial charge in [0.15, 0.2) is 9.84 Å². The number of sulfone groups is 1. The van der Waals surface area contributed by atoms with E-state index in [4.69, 9.17) is 23.2 Å². The van der Waals surface area contributed by atoms with Gasteiger partial charge in [-0.1, -0.05) is 35.3 Å². The first-order valence-electron chi connectivity index (χ1n) is 7.09. The molecule has 0 spiro atoms. The molecule has 0 unspecified atom stereocenters. The lowest BCUT2D eigenvalue weighted by Crippen LogP contribution is -2.27. The number of carbonyl (C=O) groups is 1. The Labute approximate surface area is 151 Å². The van der Waals surface area contributed by atoms with E-state index in [0.717, 1.165) is 11.8 Å². The minimum absolute atomic E-state index is 0.124. The van der Waals surface area contributed by atoms with Gasteiger partial charge in [0.1, 0.15) is 0 Å². The van der Waals surface area contributed by atoms with Crippen molar-refractivity contribution in [3.05, 3.63) is 63.1 Å². The van der Waals surface area contributed by atoms with Crippen molar-refractivity contribution in [2.75, 3.05) is 13.3 Å². The fourth-order valence-corrected chi connectivity index (χ4v) is 3.22. The number of carbonyl (C=O) groups excluding carboxylic acids is 1. The summed E-state index contributed by atoms with van der Waals surface area (Å²) >= 11 is 11.9. The van der Waals surface area contributed by atoms with E-state index in [1.165, 1.54) is 17.0 Å². The first-order valence-corrected chi connectivity index (χ1v) is 9.74. The first kappa shape index (κ1) is 18.8. The Hall–Kier alpha value is -1.56. The lowest BCUT2D eigenvalue weighted by atomic mass is 10.1. The summed E-state index contributed by atoms with van der Waals surface area (Å²) in [5.74, 6) is -0.260. The molecule has 0 fully saturated rings. The van der Waals surface area contributed by atoms with Crippen molar-refractivity contribution in [3.63, 3.8) is 0 Å². The Bertz CT molecular complexity index is 895. The summed E-state index contributed by atoms with van der Waals surface area (Å²) in [6, 6.07) is 9.72. The van der Waals surface area contributed by atoms with E-state index in [-0.39, 0.29) is 10.8 Å². The molecular weight excluding hydrogens is 369 g/mol. The van der Waals surface area contributed by atoms with Crippen LogP contribution in [0, 0.1) is 6.92 Å². The van der Waals surface area contributed by atoms with Crippen molar-refractivity contribution in [2.45, 2.75) is 18.4 Å². The lowest BCUT2D eigenvalue weighted by Gasteiger charge is -2.19. The highest BCUT2D eigenvalue weighted by Crippen LogP contribution is 2.24. The molecule has 0 aliphatic rings. The largest absolute Gasteiger partial charge is 0.337 e. The number of hydrogen-bond acceptors (Lipinski definition) is 3. The minimum atomic E-state index is -3.37. The van der Waals surface area contributed by atoms with Crippen molar-refractivity contribution in [1.82, 2.24) is 4.90 Å². The highest BCUT2D eigenvalue weighted by Gasteiger charge is 2.18. The molecule has 2 aromatic carbocycles. The van der Waals surface area contributed by atoms with Gasteiger partial charge in [-0.2, -0.15) is 0 Å². The third-order valence-corrected chi connectivity index (χ3v) is 5.47. The highest BCUT2D eigenvalue weighted by atomic mass is 35.5. The predicted molar refractivity (Wildman–Crippen MR) is 96.5 cm³/mol. The normalized spacial score (nSPS) is 11.4. The lowest BCUT2D eigenvalue weighted by molar-refractivity contribution is 0.0784. The third kappa shape index (κ3) is 4.29. The average molecular weight is 386 g/mol. The summed E-state index contributed by atoms with van der Waals surface area (Å²) in [5, 5.41) is 0.872. The molecule has 4 nitrogen and oxygen atoms in total. The van der Waals surface area contributed by atoms with Crippen LogP contribution in [0.2, 0.25) is 10.0 Å². The molecule has 0 saturated heterocycles. The molecule has 0 saturated carbocycles. The molecule has 7 heteroatoms. The molecule has 0 aromatic heterocycles. The number of nitrogens with zero attached hydrogens (tertiary/aromatic N) is 1. The van der Waals surface area contributed by atoms with E-state index in [1.807, 2.05) is 0 Å². The van der Waals surface area contributed by atoms with Gasteiger partial charge in [-0.15, -0.1) is 0 Å². The number of rotatable bonds is 4. The van der Waals surface area contributed by atoms with Crippen molar-refractivity contribution >= 4 is 38.9 Å². The molecule has 0 heterocycles. The fraction of sp³-hybridized carbons (Fsp3) is 0.235.